The number of hydrogen-bond acceptors (Lipinski definition) is 2. The third-order valence-corrected chi connectivity index (χ3v) is 4.23. The van der Waals surface area contributed by atoms with Gasteiger partial charge in [0.15, 0.2) is 0 Å². The van der Waals surface area contributed by atoms with E-state index in [2.05, 4.69) is 4.98 Å². The van der Waals surface area contributed by atoms with Crippen molar-refractivity contribution in [3.63, 3.8) is 0 Å². The molecule has 2 aromatic rings. The van der Waals surface area contributed by atoms with Crippen LogP contribution in [0.5, 0.6) is 0 Å². The van der Waals surface area contributed by atoms with Crippen LogP contribution in [0.25, 0.3) is 11.1 Å². The predicted molar refractivity (Wildman–Crippen MR) is 79.4 cm³/mol. The summed E-state index contributed by atoms with van der Waals surface area (Å²) >= 11 is 6.11. The molecule has 1 aliphatic carbocycles. The second kappa shape index (κ2) is 4.94. The minimum atomic E-state index is -0.415. The first kappa shape index (κ1) is 13.2. The van der Waals surface area contributed by atoms with Crippen LogP contribution in [0.2, 0.25) is 5.15 Å². The van der Waals surface area contributed by atoms with Gasteiger partial charge in [-0.1, -0.05) is 35.9 Å². The van der Waals surface area contributed by atoms with E-state index in [1.165, 1.54) is 4.57 Å². The van der Waals surface area contributed by atoms with E-state index in [0.717, 1.165) is 30.4 Å². The van der Waals surface area contributed by atoms with Crippen molar-refractivity contribution in [2.45, 2.75) is 32.2 Å². The first-order valence-corrected chi connectivity index (χ1v) is 7.07. The van der Waals surface area contributed by atoms with Gasteiger partial charge in [0.2, 0.25) is 0 Å². The predicted octanol–water partition coefficient (Wildman–Crippen LogP) is 2.89. The second-order valence-corrected chi connectivity index (χ2v) is 5.57. The Morgan fingerprint density at radius 2 is 1.95 bits per heavy atom. The number of benzene rings is 1. The summed E-state index contributed by atoms with van der Waals surface area (Å²) in [4.78, 5) is 27.2. The smallest absolute Gasteiger partial charge is 0.297 e. The maximum atomic E-state index is 12.7. The van der Waals surface area contributed by atoms with Gasteiger partial charge in [-0.25, -0.2) is 4.79 Å². The molecule has 0 atom stereocenters. The molecule has 1 heterocycles. The van der Waals surface area contributed by atoms with Crippen molar-refractivity contribution in [3.05, 3.63) is 55.8 Å². The minimum absolute atomic E-state index is 0.00582. The van der Waals surface area contributed by atoms with Gasteiger partial charge in [-0.15, -0.1) is 0 Å². The molecule has 1 fully saturated rings. The summed E-state index contributed by atoms with van der Waals surface area (Å²) in [5.74, 6) is 0. The largest absolute Gasteiger partial charge is 0.329 e. The van der Waals surface area contributed by atoms with E-state index in [-0.39, 0.29) is 16.8 Å². The van der Waals surface area contributed by atoms with Crippen LogP contribution in [0.4, 0.5) is 0 Å². The first-order valence-electron chi connectivity index (χ1n) is 6.70. The standard InChI is InChI=1S/C15H15ClN2O2/c1-9-5-2-3-8-11(9)12-13(16)17-15(20)18(14(12)19)10-6-4-7-10/h2-3,5,8,10H,4,6-7H2,1H3,(H,17,20). The van der Waals surface area contributed by atoms with E-state index in [0.29, 0.717) is 5.56 Å². The molecule has 1 aromatic heterocycles. The van der Waals surface area contributed by atoms with Crippen LogP contribution >= 0.6 is 11.6 Å². The quantitative estimate of drug-likeness (QED) is 0.865. The highest BCUT2D eigenvalue weighted by Crippen LogP contribution is 2.31. The fraction of sp³-hybridized carbons (Fsp3) is 0.333. The maximum Gasteiger partial charge on any atom is 0.329 e. The average Bonchev–Trinajstić information content (AvgIpc) is 2.34. The van der Waals surface area contributed by atoms with E-state index < -0.39 is 5.69 Å². The van der Waals surface area contributed by atoms with Crippen molar-refractivity contribution >= 4 is 11.6 Å². The van der Waals surface area contributed by atoms with Crippen LogP contribution < -0.4 is 11.2 Å². The molecule has 0 bridgehead atoms. The number of H-pyrrole nitrogens is 1. The number of aryl methyl sites for hydroxylation is 1. The van der Waals surface area contributed by atoms with Gasteiger partial charge >= 0.3 is 5.69 Å². The molecule has 1 aromatic carbocycles. The number of nitrogens with one attached hydrogen (secondary N) is 1. The summed E-state index contributed by atoms with van der Waals surface area (Å²) in [6.07, 6.45) is 2.80. The highest BCUT2D eigenvalue weighted by atomic mass is 35.5. The molecule has 104 valence electrons. The van der Waals surface area contributed by atoms with Crippen LogP contribution in [0.1, 0.15) is 30.9 Å². The zero-order valence-corrected chi connectivity index (χ0v) is 11.9. The van der Waals surface area contributed by atoms with Gasteiger partial charge in [0.05, 0.1) is 5.56 Å². The number of hydrogen-bond donors (Lipinski definition) is 1. The lowest BCUT2D eigenvalue weighted by atomic mass is 9.92. The van der Waals surface area contributed by atoms with Crippen LogP contribution in [0.3, 0.4) is 0 Å². The van der Waals surface area contributed by atoms with Crippen molar-refractivity contribution in [1.82, 2.24) is 9.55 Å². The molecule has 0 aliphatic heterocycles. The molecule has 1 aliphatic rings. The fourth-order valence-corrected chi connectivity index (χ4v) is 2.85. The van der Waals surface area contributed by atoms with Crippen molar-refractivity contribution in [2.75, 3.05) is 0 Å². The molecular weight excluding hydrogens is 276 g/mol. The van der Waals surface area contributed by atoms with Gasteiger partial charge in [0.1, 0.15) is 5.15 Å². The molecule has 1 saturated carbocycles. The Kier molecular flexibility index (Phi) is 3.26. The zero-order chi connectivity index (χ0) is 14.3. The van der Waals surface area contributed by atoms with E-state index in [9.17, 15) is 9.59 Å². The Bertz CT molecular complexity index is 772. The summed E-state index contributed by atoms with van der Waals surface area (Å²) in [7, 11) is 0. The number of nitrogens with zero attached hydrogens (tertiary/aromatic N) is 1. The summed E-state index contributed by atoms with van der Waals surface area (Å²) in [6.45, 7) is 1.92. The molecule has 0 radical (unpaired) electrons. The van der Waals surface area contributed by atoms with E-state index in [4.69, 9.17) is 11.6 Å². The van der Waals surface area contributed by atoms with E-state index in [1.807, 2.05) is 31.2 Å². The second-order valence-electron chi connectivity index (χ2n) is 5.19. The van der Waals surface area contributed by atoms with Crippen molar-refractivity contribution in [2.24, 2.45) is 0 Å². The van der Waals surface area contributed by atoms with Crippen LogP contribution in [-0.4, -0.2) is 9.55 Å². The van der Waals surface area contributed by atoms with Gasteiger partial charge in [0, 0.05) is 6.04 Å². The molecule has 1 N–H and O–H groups in total. The Morgan fingerprint density at radius 3 is 2.55 bits per heavy atom. The van der Waals surface area contributed by atoms with Crippen LogP contribution in [0, 0.1) is 6.92 Å². The zero-order valence-electron chi connectivity index (χ0n) is 11.1. The summed E-state index contributed by atoms with van der Waals surface area (Å²) in [6, 6.07) is 7.54. The maximum absolute atomic E-state index is 12.7. The number of aromatic amines is 1. The monoisotopic (exact) mass is 290 g/mol. The van der Waals surface area contributed by atoms with E-state index >= 15 is 0 Å². The number of halogens is 1. The molecule has 0 amide bonds. The third kappa shape index (κ3) is 2.00. The SMILES string of the molecule is Cc1ccccc1-c1c(Cl)[nH]c(=O)n(C2CCC2)c1=O. The fourth-order valence-electron chi connectivity index (χ4n) is 2.59. The molecule has 0 unspecified atom stereocenters. The summed E-state index contributed by atoms with van der Waals surface area (Å²) in [5, 5.41) is 0.116. The molecular formula is C15H15ClN2O2. The molecule has 0 saturated heterocycles. The lowest BCUT2D eigenvalue weighted by molar-refractivity contribution is 0.297. The molecule has 3 rings (SSSR count). The van der Waals surface area contributed by atoms with Crippen molar-refractivity contribution in [1.29, 1.82) is 0 Å². The Labute approximate surface area is 121 Å². The number of rotatable bonds is 2. The normalized spacial score (nSPS) is 15.1. The Balaban J connectivity index is 2.29. The molecule has 0 spiro atoms. The highest BCUT2D eigenvalue weighted by Gasteiger charge is 2.25. The molecule has 4 nitrogen and oxygen atoms in total. The Morgan fingerprint density at radius 1 is 1.25 bits per heavy atom. The van der Waals surface area contributed by atoms with Gasteiger partial charge in [-0.05, 0) is 37.3 Å². The van der Waals surface area contributed by atoms with E-state index in [1.54, 1.807) is 0 Å². The summed E-state index contributed by atoms with van der Waals surface area (Å²) < 4.78 is 1.32. The van der Waals surface area contributed by atoms with Gasteiger partial charge in [-0.3, -0.25) is 14.3 Å². The van der Waals surface area contributed by atoms with Crippen molar-refractivity contribution in [3.8, 4) is 11.1 Å². The topological polar surface area (TPSA) is 54.9 Å². The van der Waals surface area contributed by atoms with Gasteiger partial charge in [-0.2, -0.15) is 0 Å². The summed E-state index contributed by atoms with van der Waals surface area (Å²) in [5.41, 5.74) is 1.40. The first-order chi connectivity index (χ1) is 9.59. The van der Waals surface area contributed by atoms with Gasteiger partial charge in [0.25, 0.3) is 5.56 Å². The van der Waals surface area contributed by atoms with Crippen molar-refractivity contribution < 1.29 is 0 Å². The average molecular weight is 291 g/mol. The lowest BCUT2D eigenvalue weighted by Crippen LogP contribution is -2.41. The lowest BCUT2D eigenvalue weighted by Gasteiger charge is -2.27. The molecule has 5 heteroatoms. The van der Waals surface area contributed by atoms with Crippen LogP contribution in [0.15, 0.2) is 33.9 Å². The number of aromatic nitrogens is 2. The molecule has 20 heavy (non-hydrogen) atoms. The third-order valence-electron chi connectivity index (χ3n) is 3.94. The Hall–Kier alpha value is -1.81. The minimum Gasteiger partial charge on any atom is -0.297 e. The van der Waals surface area contributed by atoms with Gasteiger partial charge < -0.3 is 0 Å². The highest BCUT2D eigenvalue weighted by molar-refractivity contribution is 6.32. The van der Waals surface area contributed by atoms with Crippen LogP contribution in [-0.2, 0) is 0 Å².